The van der Waals surface area contributed by atoms with Crippen molar-refractivity contribution in [1.82, 2.24) is 4.90 Å². The lowest BCUT2D eigenvalue weighted by Gasteiger charge is -2.18. The number of aliphatic hydroxyl groups is 1. The molecule has 18 heavy (non-hydrogen) atoms. The Hall–Kier alpha value is -1.26. The van der Waals surface area contributed by atoms with E-state index in [1.54, 1.807) is 7.11 Å². The summed E-state index contributed by atoms with van der Waals surface area (Å²) in [6.45, 7) is 4.77. The summed E-state index contributed by atoms with van der Waals surface area (Å²) >= 11 is 0. The molecule has 1 fully saturated rings. The summed E-state index contributed by atoms with van der Waals surface area (Å²) < 4.78 is 5.15. The zero-order valence-electron chi connectivity index (χ0n) is 11.1. The molecule has 4 nitrogen and oxygen atoms in total. The van der Waals surface area contributed by atoms with E-state index in [0.717, 1.165) is 31.8 Å². The summed E-state index contributed by atoms with van der Waals surface area (Å²) in [5.74, 6) is 1.13. The Kier molecular flexibility index (Phi) is 4.09. The van der Waals surface area contributed by atoms with Crippen LogP contribution in [0, 0.1) is 5.92 Å². The van der Waals surface area contributed by atoms with Crippen LogP contribution < -0.4 is 10.5 Å². The van der Waals surface area contributed by atoms with Gasteiger partial charge in [0.05, 0.1) is 18.9 Å². The summed E-state index contributed by atoms with van der Waals surface area (Å²) in [7, 11) is 1.62. The van der Waals surface area contributed by atoms with Gasteiger partial charge in [-0.25, -0.2) is 0 Å². The summed E-state index contributed by atoms with van der Waals surface area (Å²) in [5.41, 5.74) is 7.77. The molecule has 1 aromatic carbocycles. The van der Waals surface area contributed by atoms with E-state index in [2.05, 4.69) is 4.90 Å². The van der Waals surface area contributed by atoms with Crippen LogP contribution in [-0.4, -0.2) is 36.3 Å². The van der Waals surface area contributed by atoms with Crippen molar-refractivity contribution in [1.29, 1.82) is 0 Å². The molecule has 1 saturated heterocycles. The van der Waals surface area contributed by atoms with Crippen LogP contribution in [0.3, 0.4) is 0 Å². The molecule has 1 aliphatic heterocycles. The number of nitrogens with zero attached hydrogens (tertiary/aromatic N) is 1. The van der Waals surface area contributed by atoms with Crippen LogP contribution in [0.15, 0.2) is 18.2 Å². The maximum absolute atomic E-state index is 9.59. The van der Waals surface area contributed by atoms with Crippen LogP contribution in [0.2, 0.25) is 0 Å². The van der Waals surface area contributed by atoms with Gasteiger partial charge >= 0.3 is 0 Å². The van der Waals surface area contributed by atoms with Gasteiger partial charge in [0.15, 0.2) is 0 Å². The van der Waals surface area contributed by atoms with Crippen molar-refractivity contribution in [2.45, 2.75) is 26.0 Å². The average molecular weight is 250 g/mol. The van der Waals surface area contributed by atoms with Crippen molar-refractivity contribution in [2.75, 3.05) is 25.9 Å². The standard InChI is InChI=1S/C14H22N2O2/c1-10(17)12-5-6-16(9-12)8-11-3-4-14(18-2)13(15)7-11/h3-4,7,10,12,17H,5-6,8-9,15H2,1-2H3. The van der Waals surface area contributed by atoms with Crippen molar-refractivity contribution < 1.29 is 9.84 Å². The minimum Gasteiger partial charge on any atom is -0.495 e. The normalized spacial score (nSPS) is 22.1. The third kappa shape index (κ3) is 2.94. The van der Waals surface area contributed by atoms with Crippen molar-refractivity contribution in [3.05, 3.63) is 23.8 Å². The van der Waals surface area contributed by atoms with E-state index < -0.39 is 0 Å². The van der Waals surface area contributed by atoms with Crippen LogP contribution in [0.4, 0.5) is 5.69 Å². The van der Waals surface area contributed by atoms with Gasteiger partial charge in [0.25, 0.3) is 0 Å². The number of nitrogens with two attached hydrogens (primary N) is 1. The number of rotatable bonds is 4. The Balaban J connectivity index is 1.96. The lowest BCUT2D eigenvalue weighted by molar-refractivity contribution is 0.127. The zero-order valence-corrected chi connectivity index (χ0v) is 11.1. The molecule has 3 N–H and O–H groups in total. The van der Waals surface area contributed by atoms with Crippen LogP contribution >= 0.6 is 0 Å². The Morgan fingerprint density at radius 2 is 2.33 bits per heavy atom. The van der Waals surface area contributed by atoms with Gasteiger partial charge in [-0.3, -0.25) is 4.90 Å². The molecule has 1 heterocycles. The number of ether oxygens (including phenoxy) is 1. The first kappa shape index (κ1) is 13.2. The molecule has 0 radical (unpaired) electrons. The number of likely N-dealkylation sites (tertiary alicyclic amines) is 1. The third-order valence-electron chi connectivity index (χ3n) is 3.69. The zero-order chi connectivity index (χ0) is 13.1. The molecule has 0 amide bonds. The molecule has 0 saturated carbocycles. The second kappa shape index (κ2) is 5.59. The minimum absolute atomic E-state index is 0.212. The van der Waals surface area contributed by atoms with Gasteiger partial charge in [0.1, 0.15) is 5.75 Å². The van der Waals surface area contributed by atoms with E-state index in [0.29, 0.717) is 11.6 Å². The lowest BCUT2D eigenvalue weighted by Crippen LogP contribution is -2.24. The summed E-state index contributed by atoms with van der Waals surface area (Å²) in [6.07, 6.45) is 0.861. The van der Waals surface area contributed by atoms with Crippen LogP contribution in [0.25, 0.3) is 0 Å². The van der Waals surface area contributed by atoms with Crippen molar-refractivity contribution in [3.8, 4) is 5.75 Å². The van der Waals surface area contributed by atoms with Gasteiger partial charge in [0.2, 0.25) is 0 Å². The topological polar surface area (TPSA) is 58.7 Å². The highest BCUT2D eigenvalue weighted by Gasteiger charge is 2.25. The summed E-state index contributed by atoms with van der Waals surface area (Å²) in [6, 6.07) is 5.92. The van der Waals surface area contributed by atoms with E-state index in [4.69, 9.17) is 10.5 Å². The highest BCUT2D eigenvalue weighted by atomic mass is 16.5. The Bertz CT molecular complexity index is 407. The Labute approximate surface area is 108 Å². The minimum atomic E-state index is -0.212. The fraction of sp³-hybridized carbons (Fsp3) is 0.571. The molecule has 1 aliphatic rings. The van der Waals surface area contributed by atoms with Gasteiger partial charge in [-0.1, -0.05) is 6.07 Å². The van der Waals surface area contributed by atoms with E-state index >= 15 is 0 Å². The number of aliphatic hydroxyl groups excluding tert-OH is 1. The average Bonchev–Trinajstić information content (AvgIpc) is 2.78. The molecular weight excluding hydrogens is 228 g/mol. The fourth-order valence-electron chi connectivity index (χ4n) is 2.54. The number of hydrogen-bond acceptors (Lipinski definition) is 4. The smallest absolute Gasteiger partial charge is 0.141 e. The molecular formula is C14H22N2O2. The molecule has 0 spiro atoms. The van der Waals surface area contributed by atoms with Crippen LogP contribution in [0.1, 0.15) is 18.9 Å². The predicted octanol–water partition coefficient (Wildman–Crippen LogP) is 1.48. The molecule has 4 heteroatoms. The number of hydrogen-bond donors (Lipinski definition) is 2. The van der Waals surface area contributed by atoms with Gasteiger partial charge < -0.3 is 15.6 Å². The van der Waals surface area contributed by atoms with Gasteiger partial charge in [0, 0.05) is 13.1 Å². The fourth-order valence-corrected chi connectivity index (χ4v) is 2.54. The first-order valence-electron chi connectivity index (χ1n) is 6.43. The molecule has 2 atom stereocenters. The molecule has 1 aromatic rings. The van der Waals surface area contributed by atoms with Gasteiger partial charge in [-0.05, 0) is 43.5 Å². The monoisotopic (exact) mass is 250 g/mol. The molecule has 2 rings (SSSR count). The maximum atomic E-state index is 9.59. The van der Waals surface area contributed by atoms with E-state index in [9.17, 15) is 5.11 Å². The lowest BCUT2D eigenvalue weighted by atomic mass is 10.0. The predicted molar refractivity (Wildman–Crippen MR) is 72.5 cm³/mol. The SMILES string of the molecule is COc1ccc(CN2CCC(C(C)O)C2)cc1N. The quantitative estimate of drug-likeness (QED) is 0.795. The number of methoxy groups -OCH3 is 1. The van der Waals surface area contributed by atoms with Crippen molar-refractivity contribution >= 4 is 5.69 Å². The second-order valence-corrected chi connectivity index (χ2v) is 5.10. The molecule has 0 aromatic heterocycles. The number of anilines is 1. The van der Waals surface area contributed by atoms with Crippen molar-refractivity contribution in [2.24, 2.45) is 5.92 Å². The van der Waals surface area contributed by atoms with Crippen molar-refractivity contribution in [3.63, 3.8) is 0 Å². The maximum Gasteiger partial charge on any atom is 0.141 e. The van der Waals surface area contributed by atoms with Gasteiger partial charge in [-0.15, -0.1) is 0 Å². The van der Waals surface area contributed by atoms with E-state index in [1.807, 2.05) is 25.1 Å². The molecule has 2 unspecified atom stereocenters. The Morgan fingerprint density at radius 1 is 1.56 bits per heavy atom. The molecule has 100 valence electrons. The third-order valence-corrected chi connectivity index (χ3v) is 3.69. The second-order valence-electron chi connectivity index (χ2n) is 5.10. The largest absolute Gasteiger partial charge is 0.495 e. The molecule has 0 aliphatic carbocycles. The van der Waals surface area contributed by atoms with E-state index in [-0.39, 0.29) is 6.10 Å². The summed E-state index contributed by atoms with van der Waals surface area (Å²) in [5, 5.41) is 9.59. The first-order valence-corrected chi connectivity index (χ1v) is 6.43. The highest BCUT2D eigenvalue weighted by Crippen LogP contribution is 2.25. The molecule has 0 bridgehead atoms. The van der Waals surface area contributed by atoms with Crippen LogP contribution in [-0.2, 0) is 6.54 Å². The first-order chi connectivity index (χ1) is 8.60. The van der Waals surface area contributed by atoms with Gasteiger partial charge in [-0.2, -0.15) is 0 Å². The number of benzene rings is 1. The highest BCUT2D eigenvalue weighted by molar-refractivity contribution is 5.54. The Morgan fingerprint density at radius 3 is 2.89 bits per heavy atom. The van der Waals surface area contributed by atoms with Crippen LogP contribution in [0.5, 0.6) is 5.75 Å². The van der Waals surface area contributed by atoms with E-state index in [1.165, 1.54) is 5.56 Å². The number of nitrogen functional groups attached to an aromatic ring is 1. The summed E-state index contributed by atoms with van der Waals surface area (Å²) in [4.78, 5) is 2.36.